The number of alkyl halides is 5. The van der Waals surface area contributed by atoms with Crippen molar-refractivity contribution in [2.75, 3.05) is 6.61 Å². The van der Waals surface area contributed by atoms with Crippen LogP contribution in [0.4, 0.5) is 22.0 Å². The van der Waals surface area contributed by atoms with Crippen molar-refractivity contribution in [1.29, 1.82) is 0 Å². The van der Waals surface area contributed by atoms with E-state index in [9.17, 15) is 26.7 Å². The second-order valence-corrected chi connectivity index (χ2v) is 5.64. The number of carbonyl (C=O) groups is 1. The van der Waals surface area contributed by atoms with Gasteiger partial charge in [-0.05, 0) is 54.1 Å². The van der Waals surface area contributed by atoms with E-state index in [4.69, 9.17) is 14.6 Å². The molecule has 0 atom stereocenters. The predicted molar refractivity (Wildman–Crippen MR) is 94.8 cm³/mol. The Balaban J connectivity index is 1.98. The normalized spacial score (nSPS) is 12.4. The van der Waals surface area contributed by atoms with Crippen LogP contribution in [0.3, 0.4) is 0 Å². The second-order valence-electron chi connectivity index (χ2n) is 5.64. The molecule has 0 aliphatic carbocycles. The maximum atomic E-state index is 14.3. The van der Waals surface area contributed by atoms with Crippen LogP contribution in [0.25, 0.3) is 6.08 Å². The molecule has 154 valence electrons. The van der Waals surface area contributed by atoms with E-state index in [1.807, 2.05) is 0 Å². The Labute approximate surface area is 162 Å². The van der Waals surface area contributed by atoms with Gasteiger partial charge in [-0.3, -0.25) is 0 Å². The third-order valence-corrected chi connectivity index (χ3v) is 3.39. The van der Waals surface area contributed by atoms with Gasteiger partial charge < -0.3 is 14.6 Å². The van der Waals surface area contributed by atoms with E-state index in [1.165, 1.54) is 42.5 Å². The number of hydrogen-bond acceptors (Lipinski definition) is 3. The molecule has 2 rings (SSSR count). The third-order valence-electron chi connectivity index (χ3n) is 3.39. The first-order chi connectivity index (χ1) is 13.5. The highest BCUT2D eigenvalue weighted by molar-refractivity contribution is 5.85. The van der Waals surface area contributed by atoms with Gasteiger partial charge in [-0.1, -0.05) is 12.1 Å². The highest BCUT2D eigenvalue weighted by Crippen LogP contribution is 2.32. The van der Waals surface area contributed by atoms with Crippen LogP contribution in [0.15, 0.2) is 66.8 Å². The minimum atomic E-state index is -4.45. The first kappa shape index (κ1) is 21.9. The molecular formula is C20H15F5O4. The van der Waals surface area contributed by atoms with Crippen molar-refractivity contribution >= 4 is 12.0 Å². The molecule has 2 aromatic rings. The SMILES string of the molecule is O=C(O)C=Cc1ccc(OC(F)(F)c2ccc(OCC=CC(F)(F)F)cc2)cc1. The largest absolute Gasteiger partial charge is 0.490 e. The van der Waals surface area contributed by atoms with E-state index in [0.29, 0.717) is 5.56 Å². The van der Waals surface area contributed by atoms with Crippen LogP contribution in [0.1, 0.15) is 11.1 Å². The van der Waals surface area contributed by atoms with Gasteiger partial charge in [-0.2, -0.15) is 22.0 Å². The minimum Gasteiger partial charge on any atom is -0.490 e. The molecule has 0 unspecified atom stereocenters. The van der Waals surface area contributed by atoms with Gasteiger partial charge in [0.2, 0.25) is 0 Å². The molecule has 0 aliphatic rings. The van der Waals surface area contributed by atoms with E-state index in [0.717, 1.165) is 24.3 Å². The van der Waals surface area contributed by atoms with Gasteiger partial charge in [0.25, 0.3) is 0 Å². The summed E-state index contributed by atoms with van der Waals surface area (Å²) in [6.45, 7) is -0.367. The van der Waals surface area contributed by atoms with E-state index in [1.54, 1.807) is 0 Å². The highest BCUT2D eigenvalue weighted by atomic mass is 19.4. The summed E-state index contributed by atoms with van der Waals surface area (Å²) in [5.41, 5.74) is 0.00896. The zero-order valence-electron chi connectivity index (χ0n) is 14.7. The number of ether oxygens (including phenoxy) is 2. The zero-order valence-corrected chi connectivity index (χ0v) is 14.7. The lowest BCUT2D eigenvalue weighted by molar-refractivity contribution is -0.185. The second kappa shape index (κ2) is 9.22. The molecule has 0 amide bonds. The third kappa shape index (κ3) is 7.65. The maximum Gasteiger partial charge on any atom is 0.426 e. The molecule has 0 saturated heterocycles. The molecule has 0 heterocycles. The highest BCUT2D eigenvalue weighted by Gasteiger charge is 2.34. The number of carboxylic acids is 1. The average Bonchev–Trinajstić information content (AvgIpc) is 2.64. The summed E-state index contributed by atoms with van der Waals surface area (Å²) in [5.74, 6) is -1.16. The van der Waals surface area contributed by atoms with Crippen molar-refractivity contribution in [3.8, 4) is 11.5 Å². The molecule has 0 bridgehead atoms. The fourth-order valence-electron chi connectivity index (χ4n) is 2.09. The summed E-state index contributed by atoms with van der Waals surface area (Å²) < 4.78 is 74.2. The molecule has 0 aliphatic heterocycles. The van der Waals surface area contributed by atoms with Crippen molar-refractivity contribution in [3.63, 3.8) is 0 Å². The molecule has 0 fully saturated rings. The zero-order chi connectivity index (χ0) is 21.5. The molecular weight excluding hydrogens is 399 g/mol. The van der Waals surface area contributed by atoms with Gasteiger partial charge in [0.05, 0.1) is 5.56 Å². The number of halogens is 5. The number of carboxylic acid groups (broad SMARTS) is 1. The Bertz CT molecular complexity index is 869. The van der Waals surface area contributed by atoms with Crippen molar-refractivity contribution in [2.45, 2.75) is 12.3 Å². The van der Waals surface area contributed by atoms with Crippen molar-refractivity contribution < 1.29 is 41.3 Å². The minimum absolute atomic E-state index is 0.0199. The quantitative estimate of drug-likeness (QED) is 0.357. The number of hydrogen-bond donors (Lipinski definition) is 1. The summed E-state index contributed by atoms with van der Waals surface area (Å²) in [6.07, 6.45) is -5.13. The smallest absolute Gasteiger partial charge is 0.426 e. The molecule has 2 aromatic carbocycles. The molecule has 0 saturated carbocycles. The lowest BCUT2D eigenvalue weighted by atomic mass is 10.2. The number of allylic oxidation sites excluding steroid dienone is 1. The summed E-state index contributed by atoms with van der Waals surface area (Å²) in [6, 6.07) is 9.80. The summed E-state index contributed by atoms with van der Waals surface area (Å²) in [4.78, 5) is 10.5. The summed E-state index contributed by atoms with van der Waals surface area (Å²) >= 11 is 0. The molecule has 4 nitrogen and oxygen atoms in total. The van der Waals surface area contributed by atoms with E-state index in [-0.39, 0.29) is 24.2 Å². The lowest BCUT2D eigenvalue weighted by Crippen LogP contribution is -2.21. The molecule has 29 heavy (non-hydrogen) atoms. The Morgan fingerprint density at radius 3 is 2.07 bits per heavy atom. The fraction of sp³-hybridized carbons (Fsp3) is 0.150. The van der Waals surface area contributed by atoms with Gasteiger partial charge in [0, 0.05) is 12.2 Å². The van der Waals surface area contributed by atoms with Crippen molar-refractivity contribution in [1.82, 2.24) is 0 Å². The Kier molecular flexibility index (Phi) is 6.98. The van der Waals surface area contributed by atoms with Crippen LogP contribution in [-0.2, 0) is 10.9 Å². The maximum absolute atomic E-state index is 14.3. The molecule has 0 aromatic heterocycles. The Hall–Kier alpha value is -3.36. The predicted octanol–water partition coefficient (Wildman–Crippen LogP) is 5.41. The number of aliphatic carboxylic acids is 1. The first-order valence-corrected chi connectivity index (χ1v) is 8.11. The van der Waals surface area contributed by atoms with E-state index < -0.39 is 23.8 Å². The molecule has 0 radical (unpaired) electrons. The average molecular weight is 414 g/mol. The molecule has 1 N–H and O–H groups in total. The van der Waals surface area contributed by atoms with E-state index >= 15 is 0 Å². The summed E-state index contributed by atoms with van der Waals surface area (Å²) in [7, 11) is 0. The lowest BCUT2D eigenvalue weighted by Gasteiger charge is -2.18. The van der Waals surface area contributed by atoms with Crippen LogP contribution in [0.2, 0.25) is 0 Å². The van der Waals surface area contributed by atoms with Gasteiger partial charge >= 0.3 is 18.3 Å². The van der Waals surface area contributed by atoms with Crippen LogP contribution in [0.5, 0.6) is 11.5 Å². The van der Waals surface area contributed by atoms with Crippen LogP contribution >= 0.6 is 0 Å². The standard InChI is InChI=1S/C20H15F5O4/c21-19(22,23)12-1-13-28-16-9-5-15(6-10-16)20(24,25)29-17-7-2-14(3-8-17)4-11-18(26)27/h1-12H,13H2,(H,26,27). The Morgan fingerprint density at radius 2 is 1.52 bits per heavy atom. The van der Waals surface area contributed by atoms with Crippen molar-refractivity contribution in [2.24, 2.45) is 0 Å². The molecule has 9 heteroatoms. The van der Waals surface area contributed by atoms with Crippen LogP contribution < -0.4 is 9.47 Å². The first-order valence-electron chi connectivity index (χ1n) is 8.11. The van der Waals surface area contributed by atoms with Gasteiger partial charge in [-0.15, -0.1) is 0 Å². The summed E-state index contributed by atoms with van der Waals surface area (Å²) in [5, 5.41) is 8.55. The number of rotatable bonds is 8. The van der Waals surface area contributed by atoms with Gasteiger partial charge in [0.15, 0.2) is 0 Å². The van der Waals surface area contributed by atoms with Crippen LogP contribution in [-0.4, -0.2) is 23.9 Å². The van der Waals surface area contributed by atoms with Crippen LogP contribution in [0, 0.1) is 0 Å². The van der Waals surface area contributed by atoms with Crippen molar-refractivity contribution in [3.05, 3.63) is 77.9 Å². The monoisotopic (exact) mass is 414 g/mol. The molecule has 0 spiro atoms. The Morgan fingerprint density at radius 1 is 0.931 bits per heavy atom. The van der Waals surface area contributed by atoms with E-state index in [2.05, 4.69) is 0 Å². The van der Waals surface area contributed by atoms with Gasteiger partial charge in [-0.25, -0.2) is 4.79 Å². The topological polar surface area (TPSA) is 55.8 Å². The number of benzene rings is 2. The fourth-order valence-corrected chi connectivity index (χ4v) is 2.09. The van der Waals surface area contributed by atoms with Gasteiger partial charge in [0.1, 0.15) is 18.1 Å².